The van der Waals surface area contributed by atoms with Crippen LogP contribution in [-0.2, 0) is 0 Å². The lowest BCUT2D eigenvalue weighted by Crippen LogP contribution is -2.00. The number of benzene rings is 1. The average molecular weight is 344 g/mol. The first-order chi connectivity index (χ1) is 12.8. The molecule has 3 heterocycles. The van der Waals surface area contributed by atoms with Crippen molar-refractivity contribution in [3.63, 3.8) is 0 Å². The Kier molecular flexibility index (Phi) is 4.26. The maximum atomic E-state index is 5.79. The van der Waals surface area contributed by atoms with Gasteiger partial charge in [0, 0.05) is 24.2 Å². The lowest BCUT2D eigenvalue weighted by atomic mass is 10.3. The van der Waals surface area contributed by atoms with Crippen molar-refractivity contribution in [1.29, 1.82) is 0 Å². The molecule has 4 aromatic rings. The van der Waals surface area contributed by atoms with Gasteiger partial charge in [0.15, 0.2) is 0 Å². The Bertz CT molecular complexity index is 1000. The van der Waals surface area contributed by atoms with Crippen molar-refractivity contribution < 1.29 is 4.74 Å². The molecule has 26 heavy (non-hydrogen) atoms. The first-order valence-electron chi connectivity index (χ1n) is 8.07. The number of nitrogens with zero attached hydrogens (tertiary/aromatic N) is 5. The van der Waals surface area contributed by atoms with Gasteiger partial charge >= 0.3 is 0 Å². The second-order valence-electron chi connectivity index (χ2n) is 5.59. The molecular weight excluding hydrogens is 328 g/mol. The van der Waals surface area contributed by atoms with Crippen LogP contribution in [0.3, 0.4) is 0 Å². The molecule has 0 aliphatic carbocycles. The van der Waals surface area contributed by atoms with E-state index in [1.807, 2.05) is 55.6 Å². The number of pyridine rings is 1. The molecule has 7 heteroatoms. The molecule has 0 radical (unpaired) electrons. The molecule has 0 aliphatic heterocycles. The van der Waals surface area contributed by atoms with Crippen molar-refractivity contribution in [2.24, 2.45) is 0 Å². The summed E-state index contributed by atoms with van der Waals surface area (Å²) in [5.74, 6) is 1.65. The highest BCUT2D eigenvalue weighted by Crippen LogP contribution is 2.22. The van der Waals surface area contributed by atoms with Crippen LogP contribution >= 0.6 is 0 Å². The zero-order valence-electron chi connectivity index (χ0n) is 14.1. The maximum absolute atomic E-state index is 5.79. The van der Waals surface area contributed by atoms with Gasteiger partial charge in [0.25, 0.3) is 0 Å². The molecule has 0 spiro atoms. The predicted molar refractivity (Wildman–Crippen MR) is 97.9 cm³/mol. The summed E-state index contributed by atoms with van der Waals surface area (Å²) in [5.41, 5.74) is 2.50. The van der Waals surface area contributed by atoms with Crippen LogP contribution in [0.15, 0.2) is 73.3 Å². The van der Waals surface area contributed by atoms with Crippen LogP contribution in [0.5, 0.6) is 11.6 Å². The zero-order valence-corrected chi connectivity index (χ0v) is 14.1. The van der Waals surface area contributed by atoms with E-state index in [1.165, 1.54) is 0 Å². The molecule has 0 atom stereocenters. The number of ether oxygens (including phenoxy) is 1. The highest BCUT2D eigenvalue weighted by Gasteiger charge is 2.07. The fourth-order valence-electron chi connectivity index (χ4n) is 2.41. The Hall–Kier alpha value is -3.74. The number of hydrogen-bond acceptors (Lipinski definition) is 6. The predicted octanol–water partition coefficient (Wildman–Crippen LogP) is 3.90. The normalized spacial score (nSPS) is 10.5. The third-order valence-corrected chi connectivity index (χ3v) is 3.56. The molecule has 0 bridgehead atoms. The average Bonchev–Trinajstić information content (AvgIpc) is 3.11. The zero-order chi connectivity index (χ0) is 17.8. The summed E-state index contributed by atoms with van der Waals surface area (Å²) in [4.78, 5) is 12.8. The fourth-order valence-corrected chi connectivity index (χ4v) is 2.41. The number of rotatable bonds is 5. The number of anilines is 2. The molecule has 0 aliphatic rings. The van der Waals surface area contributed by atoms with Gasteiger partial charge in [-0.15, -0.1) is 0 Å². The number of nitrogens with one attached hydrogen (secondary N) is 1. The highest BCUT2D eigenvalue weighted by atomic mass is 16.5. The summed E-state index contributed by atoms with van der Waals surface area (Å²) in [6.45, 7) is 1.89. The van der Waals surface area contributed by atoms with Crippen molar-refractivity contribution in [3.05, 3.63) is 79.0 Å². The number of hydrogen-bond donors (Lipinski definition) is 1. The summed E-state index contributed by atoms with van der Waals surface area (Å²) in [6.07, 6.45) is 7.02. The fraction of sp³-hybridized carbons (Fsp3) is 0.0526. The lowest BCUT2D eigenvalue weighted by molar-refractivity contribution is 0.462. The van der Waals surface area contributed by atoms with Crippen LogP contribution in [0.2, 0.25) is 0 Å². The second-order valence-corrected chi connectivity index (χ2v) is 5.59. The smallest absolute Gasteiger partial charge is 0.230 e. The summed E-state index contributed by atoms with van der Waals surface area (Å²) in [7, 11) is 0. The van der Waals surface area contributed by atoms with E-state index in [-0.39, 0.29) is 0 Å². The van der Waals surface area contributed by atoms with E-state index in [2.05, 4.69) is 25.4 Å². The van der Waals surface area contributed by atoms with Crippen LogP contribution in [-0.4, -0.2) is 24.7 Å². The Morgan fingerprint density at radius 1 is 1.00 bits per heavy atom. The van der Waals surface area contributed by atoms with Gasteiger partial charge in [-0.1, -0.05) is 18.2 Å². The van der Waals surface area contributed by atoms with E-state index < -0.39 is 0 Å². The SMILES string of the molecule is Cc1cc(Oc2ccccc2)nc(Nc2cnn(-c3ccncc3)c2)n1. The van der Waals surface area contributed by atoms with Crippen LogP contribution in [0.1, 0.15) is 5.69 Å². The Balaban J connectivity index is 1.54. The quantitative estimate of drug-likeness (QED) is 0.591. The van der Waals surface area contributed by atoms with Crippen LogP contribution < -0.4 is 10.1 Å². The van der Waals surface area contributed by atoms with Gasteiger partial charge in [0.1, 0.15) is 5.75 Å². The van der Waals surface area contributed by atoms with Gasteiger partial charge in [-0.25, -0.2) is 9.67 Å². The van der Waals surface area contributed by atoms with Gasteiger partial charge in [-0.05, 0) is 31.2 Å². The molecule has 4 rings (SSSR count). The third-order valence-electron chi connectivity index (χ3n) is 3.56. The number of aromatic nitrogens is 5. The van der Waals surface area contributed by atoms with E-state index >= 15 is 0 Å². The van der Waals surface area contributed by atoms with Gasteiger partial charge in [0.05, 0.1) is 23.8 Å². The van der Waals surface area contributed by atoms with Gasteiger partial charge < -0.3 is 10.1 Å². The standard InChI is InChI=1S/C19H16N6O/c1-14-11-18(26-17-5-3-2-4-6-17)24-19(22-14)23-15-12-21-25(13-15)16-7-9-20-10-8-16/h2-13H,1H3,(H,22,23,24). The second kappa shape index (κ2) is 7.02. The minimum atomic E-state index is 0.449. The molecule has 0 saturated carbocycles. The molecule has 0 saturated heterocycles. The minimum Gasteiger partial charge on any atom is -0.439 e. The molecule has 1 N–H and O–H groups in total. The van der Waals surface area contributed by atoms with E-state index in [4.69, 9.17) is 4.74 Å². The minimum absolute atomic E-state index is 0.449. The van der Waals surface area contributed by atoms with Crippen molar-refractivity contribution in [3.8, 4) is 17.3 Å². The summed E-state index contributed by atoms with van der Waals surface area (Å²) in [6, 6.07) is 15.1. The van der Waals surface area contributed by atoms with Crippen LogP contribution in [0.4, 0.5) is 11.6 Å². The monoisotopic (exact) mass is 344 g/mol. The van der Waals surface area contributed by atoms with Crippen molar-refractivity contribution in [2.75, 3.05) is 5.32 Å². The maximum Gasteiger partial charge on any atom is 0.230 e. The van der Waals surface area contributed by atoms with E-state index in [0.717, 1.165) is 22.8 Å². The number of aryl methyl sites for hydroxylation is 1. The molecule has 1 aromatic carbocycles. The lowest BCUT2D eigenvalue weighted by Gasteiger charge is -2.08. The van der Waals surface area contributed by atoms with Crippen LogP contribution in [0, 0.1) is 6.92 Å². The molecule has 0 fully saturated rings. The third kappa shape index (κ3) is 3.67. The van der Waals surface area contributed by atoms with Gasteiger partial charge in [0.2, 0.25) is 11.8 Å². The molecular formula is C19H16N6O. The van der Waals surface area contributed by atoms with Crippen molar-refractivity contribution in [2.45, 2.75) is 6.92 Å². The van der Waals surface area contributed by atoms with E-state index in [0.29, 0.717) is 11.8 Å². The van der Waals surface area contributed by atoms with Crippen molar-refractivity contribution in [1.82, 2.24) is 24.7 Å². The highest BCUT2D eigenvalue weighted by molar-refractivity contribution is 5.52. The van der Waals surface area contributed by atoms with E-state index in [9.17, 15) is 0 Å². The topological polar surface area (TPSA) is 77.8 Å². The molecule has 0 amide bonds. The molecule has 3 aromatic heterocycles. The first-order valence-corrected chi connectivity index (χ1v) is 8.07. The Labute approximate surface area is 150 Å². The van der Waals surface area contributed by atoms with Crippen LogP contribution in [0.25, 0.3) is 5.69 Å². The molecule has 7 nitrogen and oxygen atoms in total. The molecule has 0 unspecified atom stereocenters. The first kappa shape index (κ1) is 15.8. The van der Waals surface area contributed by atoms with Gasteiger partial charge in [-0.3, -0.25) is 4.98 Å². The summed E-state index contributed by atoms with van der Waals surface area (Å²) in [5, 5.41) is 7.49. The van der Waals surface area contributed by atoms with Crippen molar-refractivity contribution >= 4 is 11.6 Å². The number of para-hydroxylation sites is 1. The Morgan fingerprint density at radius 3 is 2.62 bits per heavy atom. The molecule has 128 valence electrons. The Morgan fingerprint density at radius 2 is 1.81 bits per heavy atom. The summed E-state index contributed by atoms with van der Waals surface area (Å²) >= 11 is 0. The largest absolute Gasteiger partial charge is 0.439 e. The van der Waals surface area contributed by atoms with Gasteiger partial charge in [-0.2, -0.15) is 10.1 Å². The summed E-state index contributed by atoms with van der Waals surface area (Å²) < 4.78 is 7.54. The van der Waals surface area contributed by atoms with E-state index in [1.54, 1.807) is 29.3 Å².